The molecule has 4 rings (SSSR count). The molecule has 2 saturated heterocycles. The zero-order chi connectivity index (χ0) is 21.8. The van der Waals surface area contributed by atoms with Crippen LogP contribution in [-0.2, 0) is 21.3 Å². The van der Waals surface area contributed by atoms with Crippen molar-refractivity contribution >= 4 is 15.9 Å². The van der Waals surface area contributed by atoms with Crippen molar-refractivity contribution in [2.45, 2.75) is 50.2 Å². The molecule has 31 heavy (non-hydrogen) atoms. The Bertz CT molecular complexity index is 1000. The largest absolute Gasteiger partial charge is 0.491 e. The number of carbonyl (C=O) groups is 1. The van der Waals surface area contributed by atoms with Crippen molar-refractivity contribution < 1.29 is 27.1 Å². The molecular weight excluding hydrogens is 420 g/mol. The van der Waals surface area contributed by atoms with Gasteiger partial charge in [-0.25, -0.2) is 8.42 Å². The second-order valence-electron chi connectivity index (χ2n) is 7.91. The minimum absolute atomic E-state index is 0.00760. The summed E-state index contributed by atoms with van der Waals surface area (Å²) in [5, 5.41) is 2.77. The molecule has 9 heteroatoms. The van der Waals surface area contributed by atoms with Crippen LogP contribution in [0.5, 0.6) is 5.75 Å². The fourth-order valence-corrected chi connectivity index (χ4v) is 5.52. The number of aryl methyl sites for hydroxylation is 1. The molecule has 0 spiro atoms. The molecule has 2 aliphatic rings. The molecule has 0 unspecified atom stereocenters. The van der Waals surface area contributed by atoms with Crippen LogP contribution in [-0.4, -0.2) is 51.0 Å². The number of amides is 1. The molecule has 3 heterocycles. The Morgan fingerprint density at radius 1 is 1.19 bits per heavy atom. The zero-order valence-electron chi connectivity index (χ0n) is 17.6. The number of rotatable bonds is 8. The summed E-state index contributed by atoms with van der Waals surface area (Å²) in [5.74, 6) is 0.519. The Balaban J connectivity index is 1.32. The maximum absolute atomic E-state index is 12.8. The Morgan fingerprint density at radius 2 is 1.94 bits per heavy atom. The maximum atomic E-state index is 12.8. The molecule has 1 atom stereocenters. The van der Waals surface area contributed by atoms with Crippen LogP contribution in [0.15, 0.2) is 39.6 Å². The third-order valence-electron chi connectivity index (χ3n) is 5.62. The van der Waals surface area contributed by atoms with Crippen LogP contribution < -0.4 is 10.1 Å². The summed E-state index contributed by atoms with van der Waals surface area (Å²) < 4.78 is 43.7. The van der Waals surface area contributed by atoms with Gasteiger partial charge >= 0.3 is 0 Å². The highest BCUT2D eigenvalue weighted by atomic mass is 32.2. The second kappa shape index (κ2) is 9.42. The van der Waals surface area contributed by atoms with E-state index >= 15 is 0 Å². The smallest absolute Gasteiger partial charge is 0.287 e. The molecular formula is C22H28N2O6S. The summed E-state index contributed by atoms with van der Waals surface area (Å²) in [6.45, 7) is 4.20. The van der Waals surface area contributed by atoms with Gasteiger partial charge < -0.3 is 19.2 Å². The van der Waals surface area contributed by atoms with Gasteiger partial charge in [0.2, 0.25) is 10.0 Å². The Morgan fingerprint density at radius 3 is 2.61 bits per heavy atom. The van der Waals surface area contributed by atoms with Crippen LogP contribution in [0.25, 0.3) is 0 Å². The van der Waals surface area contributed by atoms with E-state index in [0.717, 1.165) is 43.6 Å². The molecule has 1 N–H and O–H groups in total. The van der Waals surface area contributed by atoms with Crippen LogP contribution in [0.4, 0.5) is 0 Å². The summed E-state index contributed by atoms with van der Waals surface area (Å²) in [6.07, 6.45) is 3.96. The van der Waals surface area contributed by atoms with Crippen LogP contribution in [0.2, 0.25) is 0 Å². The molecule has 0 bridgehead atoms. The monoisotopic (exact) mass is 448 g/mol. The fourth-order valence-electron chi connectivity index (χ4n) is 3.84. The predicted molar refractivity (Wildman–Crippen MR) is 114 cm³/mol. The van der Waals surface area contributed by atoms with Crippen LogP contribution in [0, 0.1) is 6.92 Å². The minimum atomic E-state index is -3.63. The van der Waals surface area contributed by atoms with Crippen LogP contribution in [0.1, 0.15) is 47.6 Å². The number of sulfonamides is 1. The first-order valence-electron chi connectivity index (χ1n) is 10.7. The number of benzene rings is 1. The van der Waals surface area contributed by atoms with E-state index in [1.807, 2.05) is 24.3 Å². The Hall–Kier alpha value is -2.36. The highest BCUT2D eigenvalue weighted by Crippen LogP contribution is 2.26. The molecule has 0 saturated carbocycles. The molecule has 0 radical (unpaired) electrons. The number of carbonyl (C=O) groups excluding carboxylic acids is 1. The second-order valence-corrected chi connectivity index (χ2v) is 9.82. The molecule has 1 amide bonds. The first-order chi connectivity index (χ1) is 14.9. The number of hydrogen-bond donors (Lipinski definition) is 1. The van der Waals surface area contributed by atoms with Gasteiger partial charge in [-0.05, 0) is 50.3 Å². The first kappa shape index (κ1) is 21.9. The van der Waals surface area contributed by atoms with E-state index in [2.05, 4.69) is 5.32 Å². The molecule has 2 aliphatic heterocycles. The summed E-state index contributed by atoms with van der Waals surface area (Å²) in [6, 6.07) is 8.78. The van der Waals surface area contributed by atoms with E-state index in [9.17, 15) is 13.2 Å². The highest BCUT2D eigenvalue weighted by Gasteiger charge is 2.31. The van der Waals surface area contributed by atoms with E-state index in [1.165, 1.54) is 10.4 Å². The van der Waals surface area contributed by atoms with Crippen molar-refractivity contribution in [3.05, 3.63) is 47.4 Å². The number of nitrogens with one attached hydrogen (secondary N) is 1. The van der Waals surface area contributed by atoms with Crippen molar-refractivity contribution in [2.24, 2.45) is 0 Å². The average Bonchev–Trinajstić information content (AvgIpc) is 3.53. The van der Waals surface area contributed by atoms with Gasteiger partial charge in [0, 0.05) is 32.3 Å². The summed E-state index contributed by atoms with van der Waals surface area (Å²) in [4.78, 5) is 12.6. The van der Waals surface area contributed by atoms with Gasteiger partial charge in [0.1, 0.15) is 23.0 Å². The minimum Gasteiger partial charge on any atom is -0.491 e. The lowest BCUT2D eigenvalue weighted by atomic mass is 10.2. The molecule has 2 aromatic rings. The van der Waals surface area contributed by atoms with E-state index in [4.69, 9.17) is 13.9 Å². The van der Waals surface area contributed by atoms with Crippen molar-refractivity contribution in [1.29, 1.82) is 0 Å². The zero-order valence-corrected chi connectivity index (χ0v) is 18.4. The van der Waals surface area contributed by atoms with E-state index < -0.39 is 15.9 Å². The van der Waals surface area contributed by atoms with E-state index in [0.29, 0.717) is 26.2 Å². The molecule has 8 nitrogen and oxygen atoms in total. The standard InChI is InChI=1S/C22H28N2O6S/c1-16-21(31(26,27)24-10-2-3-11-24)13-20(30-16)22(25)23-14-17-6-8-18(9-7-17)29-15-19-5-4-12-28-19/h6-9,13,19H,2-5,10-12,14-15H2,1H3,(H,23,25)/t19-/m0/s1. The predicted octanol–water partition coefficient (Wildman–Crippen LogP) is 2.86. The Labute approximate surface area is 182 Å². The van der Waals surface area contributed by atoms with Crippen molar-refractivity contribution in [3.8, 4) is 5.75 Å². The molecule has 2 fully saturated rings. The number of hydrogen-bond acceptors (Lipinski definition) is 6. The SMILES string of the molecule is Cc1oc(C(=O)NCc2ccc(OC[C@@H]3CCCO3)cc2)cc1S(=O)(=O)N1CCCC1. The molecule has 1 aromatic heterocycles. The van der Waals surface area contributed by atoms with Crippen molar-refractivity contribution in [2.75, 3.05) is 26.3 Å². The van der Waals surface area contributed by atoms with Gasteiger partial charge in [0.15, 0.2) is 5.76 Å². The summed E-state index contributed by atoms with van der Waals surface area (Å²) in [7, 11) is -3.63. The number of nitrogens with zero attached hydrogens (tertiary/aromatic N) is 1. The van der Waals surface area contributed by atoms with E-state index in [-0.39, 0.29) is 22.5 Å². The fraction of sp³-hybridized carbons (Fsp3) is 0.500. The number of furan rings is 1. The normalized spacial score (nSPS) is 19.6. The Kier molecular flexibility index (Phi) is 6.64. The first-order valence-corrected chi connectivity index (χ1v) is 12.1. The quantitative estimate of drug-likeness (QED) is 0.667. The van der Waals surface area contributed by atoms with Gasteiger partial charge in [-0.15, -0.1) is 0 Å². The third-order valence-corrected chi connectivity index (χ3v) is 7.62. The molecule has 0 aliphatic carbocycles. The topological polar surface area (TPSA) is 98.1 Å². The van der Waals surface area contributed by atoms with Gasteiger partial charge in [-0.1, -0.05) is 12.1 Å². The lowest BCUT2D eigenvalue weighted by Gasteiger charge is -2.14. The van der Waals surface area contributed by atoms with Crippen molar-refractivity contribution in [1.82, 2.24) is 9.62 Å². The summed E-state index contributed by atoms with van der Waals surface area (Å²) in [5.41, 5.74) is 0.894. The lowest BCUT2D eigenvalue weighted by Crippen LogP contribution is -2.28. The van der Waals surface area contributed by atoms with Crippen molar-refractivity contribution in [3.63, 3.8) is 0 Å². The van der Waals surface area contributed by atoms with Crippen LogP contribution >= 0.6 is 0 Å². The molecule has 1 aromatic carbocycles. The summed E-state index contributed by atoms with van der Waals surface area (Å²) >= 11 is 0. The van der Waals surface area contributed by atoms with Gasteiger partial charge in [-0.2, -0.15) is 4.31 Å². The van der Waals surface area contributed by atoms with E-state index in [1.54, 1.807) is 6.92 Å². The average molecular weight is 449 g/mol. The van der Waals surface area contributed by atoms with Gasteiger partial charge in [-0.3, -0.25) is 4.79 Å². The lowest BCUT2D eigenvalue weighted by molar-refractivity contribution is 0.0679. The van der Waals surface area contributed by atoms with Crippen LogP contribution in [0.3, 0.4) is 0 Å². The number of ether oxygens (including phenoxy) is 2. The maximum Gasteiger partial charge on any atom is 0.287 e. The highest BCUT2D eigenvalue weighted by molar-refractivity contribution is 7.89. The van der Waals surface area contributed by atoms with Gasteiger partial charge in [0.05, 0.1) is 6.10 Å². The molecule has 168 valence electrons. The van der Waals surface area contributed by atoms with Gasteiger partial charge in [0.25, 0.3) is 5.91 Å². The third kappa shape index (κ3) is 5.11.